The zero-order valence-corrected chi connectivity index (χ0v) is 28.2. The molecule has 49 heavy (non-hydrogen) atoms. The van der Waals surface area contributed by atoms with Gasteiger partial charge in [-0.2, -0.15) is 0 Å². The van der Waals surface area contributed by atoms with E-state index in [0.717, 1.165) is 58.3 Å². The third-order valence-corrected chi connectivity index (χ3v) is 11.9. The predicted octanol–water partition coefficient (Wildman–Crippen LogP) is 11.8. The molecule has 5 nitrogen and oxygen atoms in total. The van der Waals surface area contributed by atoms with Crippen molar-refractivity contribution in [3.63, 3.8) is 0 Å². The summed E-state index contributed by atoms with van der Waals surface area (Å²) in [5.74, 6) is 1.87. The van der Waals surface area contributed by atoms with Gasteiger partial charge in [0.15, 0.2) is 17.5 Å². The fraction of sp³-hybridized carbons (Fsp3) is 0. The van der Waals surface area contributed by atoms with Gasteiger partial charge in [-0.25, -0.2) is 24.9 Å². The van der Waals surface area contributed by atoms with Gasteiger partial charge >= 0.3 is 0 Å². The number of thiazole rings is 2. The Hall–Kier alpha value is -5.67. The Morgan fingerprint density at radius 3 is 1.47 bits per heavy atom. The summed E-state index contributed by atoms with van der Waals surface area (Å²) in [6, 6.07) is 48.2. The monoisotopic (exact) mass is 681 g/mol. The van der Waals surface area contributed by atoms with Crippen molar-refractivity contribution in [2.24, 2.45) is 0 Å². The molecular weight excluding hydrogens is 659 g/mol. The highest BCUT2D eigenvalue weighted by Gasteiger charge is 2.18. The van der Waals surface area contributed by atoms with Gasteiger partial charge in [0.1, 0.15) is 10.0 Å². The van der Waals surface area contributed by atoms with Crippen molar-refractivity contribution in [1.29, 1.82) is 0 Å². The van der Waals surface area contributed by atoms with E-state index in [2.05, 4.69) is 97.1 Å². The van der Waals surface area contributed by atoms with Crippen molar-refractivity contribution in [1.82, 2.24) is 24.9 Å². The lowest BCUT2D eigenvalue weighted by atomic mass is 10.0. The summed E-state index contributed by atoms with van der Waals surface area (Å²) in [7, 11) is 0. The Kier molecular flexibility index (Phi) is 6.65. The molecule has 0 saturated carbocycles. The SMILES string of the molecule is c1ccc(-c2nc(-c3cc(-c4nc5ccccc5s4)cc(-c4nc5ccccc5s4)c3)nc(-c3ccc4c(c3)sc3ccccc34)n2)cc1. The van der Waals surface area contributed by atoms with Crippen LogP contribution in [0.25, 0.3) is 95.9 Å². The summed E-state index contributed by atoms with van der Waals surface area (Å²) >= 11 is 5.16. The van der Waals surface area contributed by atoms with Crippen LogP contribution >= 0.6 is 34.0 Å². The highest BCUT2D eigenvalue weighted by atomic mass is 32.1. The smallest absolute Gasteiger partial charge is 0.164 e. The van der Waals surface area contributed by atoms with E-state index in [1.807, 2.05) is 42.5 Å². The Bertz CT molecular complexity index is 2690. The Balaban J connectivity index is 1.19. The van der Waals surface area contributed by atoms with Crippen LogP contribution in [-0.4, -0.2) is 24.9 Å². The average Bonchev–Trinajstić information content (AvgIpc) is 3.90. The number of fused-ring (bicyclic) bond motifs is 5. The lowest BCUT2D eigenvalue weighted by Gasteiger charge is -2.11. The fourth-order valence-electron chi connectivity index (χ4n) is 6.21. The van der Waals surface area contributed by atoms with Gasteiger partial charge in [-0.05, 0) is 54.6 Å². The number of benzene rings is 6. The van der Waals surface area contributed by atoms with E-state index < -0.39 is 0 Å². The molecule has 6 aromatic carbocycles. The first-order valence-corrected chi connectivity index (χ1v) is 18.3. The van der Waals surface area contributed by atoms with Crippen LogP contribution in [-0.2, 0) is 0 Å². The maximum absolute atomic E-state index is 5.16. The second-order valence-corrected chi connectivity index (χ2v) is 14.9. The van der Waals surface area contributed by atoms with Crippen molar-refractivity contribution in [3.8, 4) is 55.3 Å². The van der Waals surface area contributed by atoms with Crippen molar-refractivity contribution < 1.29 is 0 Å². The van der Waals surface area contributed by atoms with Gasteiger partial charge in [0.25, 0.3) is 0 Å². The number of hydrogen-bond donors (Lipinski definition) is 0. The maximum atomic E-state index is 5.16. The van der Waals surface area contributed by atoms with Gasteiger partial charge in [0.2, 0.25) is 0 Å². The lowest BCUT2D eigenvalue weighted by Crippen LogP contribution is -2.00. The molecule has 0 N–H and O–H groups in total. The zero-order valence-electron chi connectivity index (χ0n) is 25.7. The molecule has 8 heteroatoms. The fourth-order valence-corrected chi connectivity index (χ4v) is 9.26. The molecule has 4 heterocycles. The summed E-state index contributed by atoms with van der Waals surface area (Å²) in [5.41, 5.74) is 6.75. The van der Waals surface area contributed by atoms with Crippen LogP contribution < -0.4 is 0 Å². The van der Waals surface area contributed by atoms with Crippen LogP contribution in [0.1, 0.15) is 0 Å². The molecule has 0 unspecified atom stereocenters. The second-order valence-electron chi connectivity index (χ2n) is 11.8. The van der Waals surface area contributed by atoms with Gasteiger partial charge in [-0.3, -0.25) is 0 Å². The third-order valence-electron chi connectivity index (χ3n) is 8.58. The van der Waals surface area contributed by atoms with E-state index in [-0.39, 0.29) is 0 Å². The molecule has 0 aliphatic heterocycles. The van der Waals surface area contributed by atoms with Gasteiger partial charge in [0, 0.05) is 48.0 Å². The van der Waals surface area contributed by atoms with Gasteiger partial charge in [-0.1, -0.05) is 84.9 Å². The van der Waals surface area contributed by atoms with E-state index >= 15 is 0 Å². The van der Waals surface area contributed by atoms with Crippen LogP contribution in [0.15, 0.2) is 140 Å². The topological polar surface area (TPSA) is 64.5 Å². The molecule has 0 spiro atoms. The molecule has 0 bridgehead atoms. The maximum Gasteiger partial charge on any atom is 0.164 e. The molecule has 0 atom stereocenters. The van der Waals surface area contributed by atoms with E-state index in [0.29, 0.717) is 17.5 Å². The van der Waals surface area contributed by atoms with E-state index in [1.165, 1.54) is 20.2 Å². The van der Waals surface area contributed by atoms with Crippen LogP contribution in [0.5, 0.6) is 0 Å². The summed E-state index contributed by atoms with van der Waals surface area (Å²) < 4.78 is 4.77. The zero-order chi connectivity index (χ0) is 32.3. The molecule has 10 rings (SSSR count). The first-order chi connectivity index (χ1) is 24.2. The molecule has 0 aliphatic carbocycles. The molecule has 10 aromatic rings. The molecule has 0 amide bonds. The van der Waals surface area contributed by atoms with Gasteiger partial charge in [0.05, 0.1) is 20.4 Å². The number of nitrogens with zero attached hydrogens (tertiary/aromatic N) is 5. The molecule has 0 aliphatic rings. The highest BCUT2D eigenvalue weighted by Crippen LogP contribution is 2.39. The number of thiophene rings is 1. The molecule has 0 fully saturated rings. The molecule has 230 valence electrons. The average molecular weight is 682 g/mol. The standard InChI is InChI=1S/C41H23N5S3/c1-2-10-24(11-3-1)37-44-38(25-18-19-30-29-12-4-7-15-33(29)47-36(30)23-25)46-39(45-37)26-20-27(40-42-31-13-5-8-16-34(31)48-40)22-28(21-26)41-43-32-14-6-9-17-35(32)49-41/h1-23H. The largest absolute Gasteiger partial charge is 0.236 e. The first-order valence-electron chi connectivity index (χ1n) is 15.8. The number of rotatable bonds is 5. The van der Waals surface area contributed by atoms with E-state index in [1.54, 1.807) is 34.0 Å². The quantitative estimate of drug-likeness (QED) is 0.181. The Labute approximate surface area is 292 Å². The minimum absolute atomic E-state index is 0.602. The molecule has 4 aromatic heterocycles. The van der Waals surface area contributed by atoms with Gasteiger partial charge < -0.3 is 0 Å². The van der Waals surface area contributed by atoms with Crippen molar-refractivity contribution in [2.45, 2.75) is 0 Å². The first kappa shape index (κ1) is 28.4. The summed E-state index contributed by atoms with van der Waals surface area (Å²) in [6.45, 7) is 0. The molecule has 0 saturated heterocycles. The normalized spacial score (nSPS) is 11.7. The number of para-hydroxylation sites is 2. The summed E-state index contributed by atoms with van der Waals surface area (Å²) in [4.78, 5) is 25.3. The second kappa shape index (κ2) is 11.5. The van der Waals surface area contributed by atoms with Crippen molar-refractivity contribution in [3.05, 3.63) is 140 Å². The number of aromatic nitrogens is 5. The predicted molar refractivity (Wildman–Crippen MR) is 206 cm³/mol. The number of hydrogen-bond acceptors (Lipinski definition) is 8. The Morgan fingerprint density at radius 1 is 0.306 bits per heavy atom. The summed E-state index contributed by atoms with van der Waals surface area (Å²) in [6.07, 6.45) is 0. The van der Waals surface area contributed by atoms with E-state index in [9.17, 15) is 0 Å². The minimum atomic E-state index is 0.602. The van der Waals surface area contributed by atoms with Crippen molar-refractivity contribution in [2.75, 3.05) is 0 Å². The van der Waals surface area contributed by atoms with Crippen LogP contribution in [0.3, 0.4) is 0 Å². The minimum Gasteiger partial charge on any atom is -0.236 e. The molecular formula is C41H23N5S3. The van der Waals surface area contributed by atoms with Gasteiger partial charge in [-0.15, -0.1) is 34.0 Å². The van der Waals surface area contributed by atoms with Crippen LogP contribution in [0, 0.1) is 0 Å². The Morgan fingerprint density at radius 2 is 0.816 bits per heavy atom. The highest BCUT2D eigenvalue weighted by molar-refractivity contribution is 7.25. The van der Waals surface area contributed by atoms with Crippen LogP contribution in [0.4, 0.5) is 0 Å². The lowest BCUT2D eigenvalue weighted by molar-refractivity contribution is 1.07. The molecule has 0 radical (unpaired) electrons. The van der Waals surface area contributed by atoms with Crippen LogP contribution in [0.2, 0.25) is 0 Å². The summed E-state index contributed by atoms with van der Waals surface area (Å²) in [5, 5.41) is 4.40. The third kappa shape index (κ3) is 5.09. The van der Waals surface area contributed by atoms with Crippen molar-refractivity contribution >= 4 is 74.6 Å². The van der Waals surface area contributed by atoms with E-state index in [4.69, 9.17) is 24.9 Å².